The van der Waals surface area contributed by atoms with Crippen LogP contribution >= 0.6 is 31.9 Å². The Balaban J connectivity index is 2.10. The molecule has 2 aromatic carbocycles. The average Bonchev–Trinajstić information content (AvgIpc) is 2.53. The molecule has 0 saturated heterocycles. The van der Waals surface area contributed by atoms with Crippen LogP contribution in [0, 0.1) is 0 Å². The van der Waals surface area contributed by atoms with E-state index in [1.807, 2.05) is 48.5 Å². The lowest BCUT2D eigenvalue weighted by atomic mass is 9.95. The highest BCUT2D eigenvalue weighted by Gasteiger charge is 2.30. The molecule has 118 valence electrons. The van der Waals surface area contributed by atoms with Crippen molar-refractivity contribution in [3.8, 4) is 5.75 Å². The summed E-state index contributed by atoms with van der Waals surface area (Å²) in [5.41, 5.74) is 2.48. The first-order chi connectivity index (χ1) is 11.0. The Morgan fingerprint density at radius 2 is 1.70 bits per heavy atom. The second kappa shape index (κ2) is 6.49. The molecule has 3 rings (SSSR count). The molecule has 1 heterocycles. The summed E-state index contributed by atoms with van der Waals surface area (Å²) < 4.78 is 8.09. The van der Waals surface area contributed by atoms with Crippen LogP contribution in [0.3, 0.4) is 0 Å². The van der Waals surface area contributed by atoms with Crippen LogP contribution in [-0.2, 0) is 4.79 Å². The van der Waals surface area contributed by atoms with Gasteiger partial charge in [-0.2, -0.15) is 0 Å². The largest absolute Gasteiger partial charge is 0.480 e. The second-order valence-corrected chi connectivity index (χ2v) is 7.36. The molecule has 0 N–H and O–H groups in total. The van der Waals surface area contributed by atoms with Crippen molar-refractivity contribution in [3.63, 3.8) is 0 Å². The third-order valence-electron chi connectivity index (χ3n) is 3.64. The van der Waals surface area contributed by atoms with Crippen LogP contribution in [-0.4, -0.2) is 24.9 Å². The fourth-order valence-corrected chi connectivity index (χ4v) is 3.13. The lowest BCUT2D eigenvalue weighted by Gasteiger charge is -2.28. The predicted octanol–water partition coefficient (Wildman–Crippen LogP) is 4.82. The minimum absolute atomic E-state index is 0.0523. The molecule has 0 fully saturated rings. The van der Waals surface area contributed by atoms with Gasteiger partial charge in [-0.1, -0.05) is 44.0 Å². The first-order valence-electron chi connectivity index (χ1n) is 7.10. The van der Waals surface area contributed by atoms with Gasteiger partial charge in [0.2, 0.25) is 0 Å². The SMILES string of the molecule is CN(C)C(=O)C1=Cc2cc(Br)ccc2OC1c1ccc(Br)cc1. The predicted molar refractivity (Wildman–Crippen MR) is 98.3 cm³/mol. The highest BCUT2D eigenvalue weighted by atomic mass is 79.9. The molecule has 0 aromatic heterocycles. The third-order valence-corrected chi connectivity index (χ3v) is 4.66. The molecule has 0 spiro atoms. The standard InChI is InChI=1S/C18H15Br2NO2/c1-21(2)18(22)15-10-12-9-14(20)7-8-16(12)23-17(15)11-3-5-13(19)6-4-11/h3-10,17H,1-2H3. The van der Waals surface area contributed by atoms with E-state index in [-0.39, 0.29) is 5.91 Å². The molecule has 2 aromatic rings. The van der Waals surface area contributed by atoms with Gasteiger partial charge in [0.05, 0.1) is 5.57 Å². The zero-order valence-electron chi connectivity index (χ0n) is 12.7. The van der Waals surface area contributed by atoms with Crippen molar-refractivity contribution in [2.75, 3.05) is 14.1 Å². The van der Waals surface area contributed by atoms with Crippen molar-refractivity contribution in [3.05, 3.63) is 68.1 Å². The summed E-state index contributed by atoms with van der Waals surface area (Å²) in [6.07, 6.45) is 1.50. The van der Waals surface area contributed by atoms with E-state index in [4.69, 9.17) is 4.74 Å². The lowest BCUT2D eigenvalue weighted by Crippen LogP contribution is -2.29. The van der Waals surface area contributed by atoms with Gasteiger partial charge in [0.25, 0.3) is 5.91 Å². The number of likely N-dealkylation sites (N-methyl/N-ethyl adjacent to an activating group) is 1. The zero-order chi connectivity index (χ0) is 16.6. The molecule has 1 atom stereocenters. The molecular formula is C18H15Br2NO2. The van der Waals surface area contributed by atoms with E-state index in [1.54, 1.807) is 19.0 Å². The van der Waals surface area contributed by atoms with E-state index in [2.05, 4.69) is 31.9 Å². The smallest absolute Gasteiger partial charge is 0.253 e. The Morgan fingerprint density at radius 3 is 2.35 bits per heavy atom. The Morgan fingerprint density at radius 1 is 1.04 bits per heavy atom. The van der Waals surface area contributed by atoms with Gasteiger partial charge in [-0.05, 0) is 42.0 Å². The van der Waals surface area contributed by atoms with Crippen molar-refractivity contribution >= 4 is 43.8 Å². The number of nitrogens with zero attached hydrogens (tertiary/aromatic N) is 1. The highest BCUT2D eigenvalue weighted by molar-refractivity contribution is 9.10. The van der Waals surface area contributed by atoms with Crippen LogP contribution in [0.2, 0.25) is 0 Å². The molecule has 5 heteroatoms. The fraction of sp³-hybridized carbons (Fsp3) is 0.167. The van der Waals surface area contributed by atoms with Crippen LogP contribution in [0.4, 0.5) is 0 Å². The van der Waals surface area contributed by atoms with E-state index < -0.39 is 6.10 Å². The van der Waals surface area contributed by atoms with Crippen LogP contribution in [0.5, 0.6) is 5.75 Å². The summed E-state index contributed by atoms with van der Waals surface area (Å²) in [6, 6.07) is 13.6. The van der Waals surface area contributed by atoms with Crippen molar-refractivity contribution < 1.29 is 9.53 Å². The van der Waals surface area contributed by atoms with E-state index in [1.165, 1.54) is 0 Å². The fourth-order valence-electron chi connectivity index (χ4n) is 2.49. The maximum absolute atomic E-state index is 12.6. The molecule has 3 nitrogen and oxygen atoms in total. The topological polar surface area (TPSA) is 29.5 Å². The number of hydrogen-bond donors (Lipinski definition) is 0. The molecule has 1 aliphatic rings. The molecule has 0 bridgehead atoms. The Kier molecular flexibility index (Phi) is 4.60. The molecule has 0 radical (unpaired) electrons. The quantitative estimate of drug-likeness (QED) is 0.675. The second-order valence-electron chi connectivity index (χ2n) is 5.53. The number of benzene rings is 2. The number of hydrogen-bond acceptors (Lipinski definition) is 2. The number of carbonyl (C=O) groups excluding carboxylic acids is 1. The normalized spacial score (nSPS) is 16.2. The number of fused-ring (bicyclic) bond motifs is 1. The monoisotopic (exact) mass is 435 g/mol. The average molecular weight is 437 g/mol. The van der Waals surface area contributed by atoms with Gasteiger partial charge in [-0.15, -0.1) is 0 Å². The van der Waals surface area contributed by atoms with E-state index in [0.717, 1.165) is 25.8 Å². The first-order valence-corrected chi connectivity index (χ1v) is 8.69. The number of halogens is 2. The number of amides is 1. The summed E-state index contributed by atoms with van der Waals surface area (Å²) in [7, 11) is 3.50. The summed E-state index contributed by atoms with van der Waals surface area (Å²) in [5, 5.41) is 0. The van der Waals surface area contributed by atoms with E-state index >= 15 is 0 Å². The molecule has 0 aliphatic carbocycles. The Hall–Kier alpha value is -1.59. The van der Waals surface area contributed by atoms with Crippen LogP contribution in [0.1, 0.15) is 17.2 Å². The van der Waals surface area contributed by atoms with Gasteiger partial charge >= 0.3 is 0 Å². The van der Waals surface area contributed by atoms with Crippen LogP contribution < -0.4 is 4.74 Å². The Bertz CT molecular complexity index is 782. The molecule has 1 amide bonds. The summed E-state index contributed by atoms with van der Waals surface area (Å²) in [6.45, 7) is 0. The van der Waals surface area contributed by atoms with Gasteiger partial charge in [0.1, 0.15) is 5.75 Å². The number of carbonyl (C=O) groups is 1. The molecule has 0 saturated carbocycles. The number of rotatable bonds is 2. The zero-order valence-corrected chi connectivity index (χ0v) is 15.9. The summed E-state index contributed by atoms with van der Waals surface area (Å²) >= 11 is 6.89. The Labute approximate surface area is 152 Å². The van der Waals surface area contributed by atoms with Crippen LogP contribution in [0.25, 0.3) is 6.08 Å². The maximum atomic E-state index is 12.6. The third kappa shape index (κ3) is 3.35. The molecule has 1 aliphatic heterocycles. The van der Waals surface area contributed by atoms with Gasteiger partial charge in [0, 0.05) is 28.6 Å². The van der Waals surface area contributed by atoms with Gasteiger partial charge in [-0.3, -0.25) is 4.79 Å². The lowest BCUT2D eigenvalue weighted by molar-refractivity contribution is -0.125. The van der Waals surface area contributed by atoms with Crippen molar-refractivity contribution in [2.45, 2.75) is 6.10 Å². The summed E-state index contributed by atoms with van der Waals surface area (Å²) in [5.74, 6) is 0.722. The van der Waals surface area contributed by atoms with Gasteiger partial charge in [-0.25, -0.2) is 0 Å². The summed E-state index contributed by atoms with van der Waals surface area (Å²) in [4.78, 5) is 14.2. The molecular weight excluding hydrogens is 422 g/mol. The van der Waals surface area contributed by atoms with E-state index in [0.29, 0.717) is 5.57 Å². The highest BCUT2D eigenvalue weighted by Crippen LogP contribution is 2.39. The minimum Gasteiger partial charge on any atom is -0.480 e. The van der Waals surface area contributed by atoms with Crippen molar-refractivity contribution in [1.29, 1.82) is 0 Å². The maximum Gasteiger partial charge on any atom is 0.253 e. The van der Waals surface area contributed by atoms with Crippen LogP contribution in [0.15, 0.2) is 57.0 Å². The number of ether oxygens (including phenoxy) is 1. The minimum atomic E-state index is -0.410. The van der Waals surface area contributed by atoms with E-state index in [9.17, 15) is 4.79 Å². The van der Waals surface area contributed by atoms with Crippen molar-refractivity contribution in [1.82, 2.24) is 4.90 Å². The molecule has 1 unspecified atom stereocenters. The van der Waals surface area contributed by atoms with Gasteiger partial charge < -0.3 is 9.64 Å². The van der Waals surface area contributed by atoms with Gasteiger partial charge in [0.15, 0.2) is 6.10 Å². The van der Waals surface area contributed by atoms with Crippen molar-refractivity contribution in [2.24, 2.45) is 0 Å². The first kappa shape index (κ1) is 16.3. The molecule has 23 heavy (non-hydrogen) atoms.